The van der Waals surface area contributed by atoms with Crippen molar-refractivity contribution in [2.45, 2.75) is 25.3 Å². The van der Waals surface area contributed by atoms with Crippen LogP contribution < -0.4 is 5.56 Å². The Kier molecular flexibility index (Phi) is 4.62. The number of benzene rings is 1. The maximum atomic E-state index is 13.0. The van der Waals surface area contributed by atoms with Crippen LogP contribution in [0, 0.1) is 5.82 Å². The van der Waals surface area contributed by atoms with Gasteiger partial charge in [0.2, 0.25) is 5.56 Å². The van der Waals surface area contributed by atoms with Crippen molar-refractivity contribution in [2.24, 2.45) is 0 Å². The zero-order chi connectivity index (χ0) is 17.9. The van der Waals surface area contributed by atoms with Crippen LogP contribution in [0.3, 0.4) is 0 Å². The van der Waals surface area contributed by atoms with E-state index in [2.05, 4.69) is 20.0 Å². The van der Waals surface area contributed by atoms with Gasteiger partial charge in [0, 0.05) is 24.7 Å². The molecule has 3 heterocycles. The second kappa shape index (κ2) is 7.21. The monoisotopic (exact) mass is 354 g/mol. The quantitative estimate of drug-likeness (QED) is 0.780. The van der Waals surface area contributed by atoms with Crippen LogP contribution in [0.4, 0.5) is 4.39 Å². The number of piperidine rings is 1. The molecule has 134 valence electrons. The molecule has 3 aromatic rings. The second-order valence-electron chi connectivity index (χ2n) is 6.58. The van der Waals surface area contributed by atoms with Crippen molar-refractivity contribution in [2.75, 3.05) is 13.1 Å². The summed E-state index contributed by atoms with van der Waals surface area (Å²) in [6.07, 6.45) is 3.47. The summed E-state index contributed by atoms with van der Waals surface area (Å²) in [5, 5.41) is 4.12. The molecule has 0 unspecified atom stereocenters. The molecule has 0 amide bonds. The summed E-state index contributed by atoms with van der Waals surface area (Å²) in [5.74, 6) is 1.19. The van der Waals surface area contributed by atoms with Gasteiger partial charge in [-0.25, -0.2) is 4.39 Å². The lowest BCUT2D eigenvalue weighted by Gasteiger charge is -2.30. The summed E-state index contributed by atoms with van der Waals surface area (Å²) in [5.41, 5.74) is 1.66. The number of halogens is 1. The number of hydrogen-bond acceptors (Lipinski definition) is 5. The van der Waals surface area contributed by atoms with E-state index < -0.39 is 0 Å². The van der Waals surface area contributed by atoms with Gasteiger partial charge < -0.3 is 9.51 Å². The zero-order valence-corrected chi connectivity index (χ0v) is 14.2. The molecule has 0 saturated carbocycles. The average Bonchev–Trinajstić information content (AvgIpc) is 3.15. The number of nitrogens with one attached hydrogen (secondary N) is 1. The maximum absolute atomic E-state index is 13.0. The molecule has 0 atom stereocenters. The Morgan fingerprint density at radius 2 is 1.92 bits per heavy atom. The molecule has 1 aromatic carbocycles. The zero-order valence-electron chi connectivity index (χ0n) is 14.2. The molecular weight excluding hydrogens is 335 g/mol. The molecule has 0 aliphatic carbocycles. The number of pyridine rings is 1. The van der Waals surface area contributed by atoms with Crippen LogP contribution in [0.5, 0.6) is 0 Å². The highest BCUT2D eigenvalue weighted by molar-refractivity contribution is 5.50. The largest absolute Gasteiger partial charge is 0.334 e. The van der Waals surface area contributed by atoms with Gasteiger partial charge >= 0.3 is 0 Å². The lowest BCUT2D eigenvalue weighted by atomic mass is 9.96. The number of H-pyrrole nitrogens is 1. The Hall–Kier alpha value is -2.80. The van der Waals surface area contributed by atoms with Gasteiger partial charge in [0.1, 0.15) is 5.82 Å². The van der Waals surface area contributed by atoms with Gasteiger partial charge in [0.15, 0.2) is 5.82 Å². The van der Waals surface area contributed by atoms with Gasteiger partial charge in [-0.1, -0.05) is 17.3 Å². The van der Waals surface area contributed by atoms with E-state index in [1.165, 1.54) is 18.2 Å². The minimum atomic E-state index is -0.206. The van der Waals surface area contributed by atoms with Gasteiger partial charge in [-0.2, -0.15) is 4.98 Å². The third kappa shape index (κ3) is 3.72. The molecule has 2 aromatic heterocycles. The highest BCUT2D eigenvalue weighted by Gasteiger charge is 2.25. The van der Waals surface area contributed by atoms with E-state index in [4.69, 9.17) is 4.52 Å². The number of nitrogens with zero attached hydrogens (tertiary/aromatic N) is 3. The molecule has 0 radical (unpaired) electrons. The fraction of sp³-hybridized carbons (Fsp3) is 0.316. The molecule has 7 heteroatoms. The molecule has 6 nitrogen and oxygen atoms in total. The lowest BCUT2D eigenvalue weighted by Crippen LogP contribution is -2.32. The van der Waals surface area contributed by atoms with Gasteiger partial charge in [0.25, 0.3) is 5.89 Å². The minimum Gasteiger partial charge on any atom is -0.334 e. The lowest BCUT2D eigenvalue weighted by molar-refractivity contribution is 0.200. The Balaban J connectivity index is 1.36. The summed E-state index contributed by atoms with van der Waals surface area (Å²) >= 11 is 0. The van der Waals surface area contributed by atoms with Crippen LogP contribution >= 0.6 is 0 Å². The van der Waals surface area contributed by atoms with Crippen molar-refractivity contribution in [3.8, 4) is 11.5 Å². The highest BCUT2D eigenvalue weighted by atomic mass is 19.1. The predicted molar refractivity (Wildman–Crippen MR) is 94.0 cm³/mol. The molecule has 0 spiro atoms. The van der Waals surface area contributed by atoms with Gasteiger partial charge in [-0.3, -0.25) is 9.69 Å². The Morgan fingerprint density at radius 1 is 1.15 bits per heavy atom. The first kappa shape index (κ1) is 16.7. The summed E-state index contributed by atoms with van der Waals surface area (Å²) in [4.78, 5) is 20.6. The average molecular weight is 354 g/mol. The second-order valence-corrected chi connectivity index (χ2v) is 6.58. The first-order chi connectivity index (χ1) is 12.7. The van der Waals surface area contributed by atoms with Crippen molar-refractivity contribution in [3.05, 3.63) is 70.2 Å². The normalized spacial score (nSPS) is 16.0. The van der Waals surface area contributed by atoms with Crippen LogP contribution in [0.2, 0.25) is 0 Å². The van der Waals surface area contributed by atoms with Crippen LogP contribution in [0.1, 0.15) is 30.1 Å². The molecule has 1 aliphatic rings. The number of hydrogen-bond donors (Lipinski definition) is 1. The molecule has 1 fully saturated rings. The molecule has 1 aliphatic heterocycles. The topological polar surface area (TPSA) is 75.0 Å². The minimum absolute atomic E-state index is 0.165. The van der Waals surface area contributed by atoms with Crippen molar-refractivity contribution in [1.82, 2.24) is 20.0 Å². The number of aromatic nitrogens is 3. The van der Waals surface area contributed by atoms with Crippen molar-refractivity contribution in [1.29, 1.82) is 0 Å². The summed E-state index contributed by atoms with van der Waals surface area (Å²) in [6, 6.07) is 9.77. The molecule has 4 rings (SSSR count). The maximum Gasteiger partial charge on any atom is 0.259 e. The van der Waals surface area contributed by atoms with Gasteiger partial charge in [-0.15, -0.1) is 0 Å². The number of aromatic amines is 1. The number of rotatable bonds is 4. The molecule has 1 saturated heterocycles. The van der Waals surface area contributed by atoms with Gasteiger partial charge in [0.05, 0.1) is 5.56 Å². The molecule has 1 N–H and O–H groups in total. The molecule has 26 heavy (non-hydrogen) atoms. The predicted octanol–water partition coefficient (Wildman–Crippen LogP) is 2.94. The van der Waals surface area contributed by atoms with E-state index in [9.17, 15) is 9.18 Å². The summed E-state index contributed by atoms with van der Waals surface area (Å²) in [7, 11) is 0. The van der Waals surface area contributed by atoms with Crippen LogP contribution in [-0.2, 0) is 6.54 Å². The highest BCUT2D eigenvalue weighted by Crippen LogP contribution is 2.28. The van der Waals surface area contributed by atoms with Crippen LogP contribution in [0.25, 0.3) is 11.5 Å². The third-order valence-electron chi connectivity index (χ3n) is 4.75. The van der Waals surface area contributed by atoms with Crippen molar-refractivity contribution in [3.63, 3.8) is 0 Å². The van der Waals surface area contributed by atoms with E-state index in [1.54, 1.807) is 12.3 Å². The van der Waals surface area contributed by atoms with E-state index >= 15 is 0 Å². The first-order valence-corrected chi connectivity index (χ1v) is 8.67. The standard InChI is InChI=1S/C19H19FN4O2/c20-16-4-1-13(2-5-16)12-24-9-7-14(8-10-24)18-22-19(26-23-18)15-3-6-17(25)21-11-15/h1-6,11,14H,7-10,12H2,(H,21,25). The fourth-order valence-corrected chi connectivity index (χ4v) is 3.26. The van der Waals surface area contributed by atoms with E-state index in [1.807, 2.05) is 12.1 Å². The van der Waals surface area contributed by atoms with Crippen LogP contribution in [0.15, 0.2) is 51.9 Å². The SMILES string of the molecule is O=c1ccc(-c2nc(C3CCN(Cc4ccc(F)cc4)CC3)no2)c[nH]1. The smallest absolute Gasteiger partial charge is 0.259 e. The Labute approximate surface area is 149 Å². The molecular formula is C19H19FN4O2. The Morgan fingerprint density at radius 3 is 2.62 bits per heavy atom. The van der Waals surface area contributed by atoms with E-state index in [-0.39, 0.29) is 17.3 Å². The van der Waals surface area contributed by atoms with Gasteiger partial charge in [-0.05, 0) is 49.7 Å². The molecule has 0 bridgehead atoms. The number of likely N-dealkylation sites (tertiary alicyclic amines) is 1. The van der Waals surface area contributed by atoms with Crippen LogP contribution in [-0.4, -0.2) is 33.1 Å². The third-order valence-corrected chi connectivity index (χ3v) is 4.75. The van der Waals surface area contributed by atoms with E-state index in [0.29, 0.717) is 17.3 Å². The summed E-state index contributed by atoms with van der Waals surface area (Å²) < 4.78 is 18.3. The fourth-order valence-electron chi connectivity index (χ4n) is 3.26. The van der Waals surface area contributed by atoms with Crippen molar-refractivity contribution < 1.29 is 8.91 Å². The Bertz CT molecular complexity index is 907. The van der Waals surface area contributed by atoms with E-state index in [0.717, 1.165) is 38.0 Å². The summed E-state index contributed by atoms with van der Waals surface area (Å²) in [6.45, 7) is 2.69. The van der Waals surface area contributed by atoms with Crippen molar-refractivity contribution >= 4 is 0 Å². The first-order valence-electron chi connectivity index (χ1n) is 8.67.